The summed E-state index contributed by atoms with van der Waals surface area (Å²) in [6.45, 7) is 1.61. The van der Waals surface area contributed by atoms with Crippen molar-refractivity contribution in [2.45, 2.75) is 12.5 Å². The van der Waals surface area contributed by atoms with Gasteiger partial charge in [-0.1, -0.05) is 29.8 Å². The number of benzene rings is 1. The second kappa shape index (κ2) is 6.04. The Balaban J connectivity index is 2.06. The highest BCUT2D eigenvalue weighted by Gasteiger charge is 2.26. The van der Waals surface area contributed by atoms with Gasteiger partial charge in [0.25, 0.3) is 0 Å². The topological polar surface area (TPSA) is 78.4 Å². The van der Waals surface area contributed by atoms with Crippen molar-refractivity contribution in [3.63, 3.8) is 0 Å². The molecule has 0 bridgehead atoms. The molecule has 6 heteroatoms. The minimum Gasteiger partial charge on any atom is -0.479 e. The molecule has 19 heavy (non-hydrogen) atoms. The van der Waals surface area contributed by atoms with E-state index in [0.29, 0.717) is 22.9 Å². The Morgan fingerprint density at radius 2 is 2.11 bits per heavy atom. The van der Waals surface area contributed by atoms with Gasteiger partial charge in [-0.25, -0.2) is 4.79 Å². The predicted molar refractivity (Wildman–Crippen MR) is 70.9 cm³/mol. The number of carbonyl (C=O) groups excluding carboxylic acids is 1. The van der Waals surface area contributed by atoms with E-state index in [2.05, 4.69) is 10.6 Å². The third-order valence-electron chi connectivity index (χ3n) is 3.11. The highest BCUT2D eigenvalue weighted by atomic mass is 35.5. The summed E-state index contributed by atoms with van der Waals surface area (Å²) in [7, 11) is 0. The first kappa shape index (κ1) is 13.8. The van der Waals surface area contributed by atoms with Crippen LogP contribution in [0.25, 0.3) is 0 Å². The van der Waals surface area contributed by atoms with Crippen LogP contribution in [0.15, 0.2) is 24.3 Å². The fourth-order valence-corrected chi connectivity index (χ4v) is 2.20. The molecule has 1 aliphatic rings. The van der Waals surface area contributed by atoms with Crippen LogP contribution in [0.1, 0.15) is 18.0 Å². The summed E-state index contributed by atoms with van der Waals surface area (Å²) in [5, 5.41) is 15.1. The Morgan fingerprint density at radius 3 is 2.63 bits per heavy atom. The third kappa shape index (κ3) is 3.45. The Morgan fingerprint density at radius 1 is 1.42 bits per heavy atom. The molecule has 1 aromatic rings. The molecule has 1 aromatic carbocycles. The number of rotatable bonds is 5. The maximum atomic E-state index is 11.8. The van der Waals surface area contributed by atoms with E-state index >= 15 is 0 Å². The first-order chi connectivity index (χ1) is 9.08. The minimum absolute atomic E-state index is 0.265. The van der Waals surface area contributed by atoms with Crippen LogP contribution in [0.2, 0.25) is 5.02 Å². The molecule has 1 aliphatic heterocycles. The van der Waals surface area contributed by atoms with Crippen LogP contribution in [0.4, 0.5) is 0 Å². The van der Waals surface area contributed by atoms with Gasteiger partial charge in [-0.05, 0) is 25.1 Å². The summed E-state index contributed by atoms with van der Waals surface area (Å²) in [6.07, 6.45) is 0.335. The molecule has 1 heterocycles. The average molecular weight is 283 g/mol. The van der Waals surface area contributed by atoms with Crippen LogP contribution < -0.4 is 10.6 Å². The molecule has 1 fully saturated rings. The summed E-state index contributed by atoms with van der Waals surface area (Å²) >= 11 is 5.97. The van der Waals surface area contributed by atoms with Crippen molar-refractivity contribution >= 4 is 23.5 Å². The van der Waals surface area contributed by atoms with Gasteiger partial charge >= 0.3 is 5.97 Å². The lowest BCUT2D eigenvalue weighted by atomic mass is 9.98. The molecule has 3 N–H and O–H groups in total. The van der Waals surface area contributed by atoms with Gasteiger partial charge in [-0.3, -0.25) is 4.79 Å². The number of aliphatic carboxylic acids is 1. The van der Waals surface area contributed by atoms with Gasteiger partial charge in [-0.2, -0.15) is 0 Å². The fraction of sp³-hybridized carbons (Fsp3) is 0.385. The number of carbonyl (C=O) groups is 2. The molecule has 0 aliphatic carbocycles. The van der Waals surface area contributed by atoms with Gasteiger partial charge < -0.3 is 15.7 Å². The zero-order valence-electron chi connectivity index (χ0n) is 10.2. The number of nitrogens with one attached hydrogen (secondary N) is 2. The molecular weight excluding hydrogens is 268 g/mol. The smallest absolute Gasteiger partial charge is 0.330 e. The maximum absolute atomic E-state index is 11.8. The van der Waals surface area contributed by atoms with Crippen LogP contribution in [-0.4, -0.2) is 30.1 Å². The lowest BCUT2D eigenvalue weighted by Crippen LogP contribution is -2.45. The molecule has 0 saturated carbocycles. The van der Waals surface area contributed by atoms with E-state index in [1.165, 1.54) is 0 Å². The molecule has 2 rings (SSSR count). The van der Waals surface area contributed by atoms with Crippen LogP contribution in [0.5, 0.6) is 0 Å². The van der Waals surface area contributed by atoms with Gasteiger partial charge in [0, 0.05) is 17.0 Å². The zero-order valence-corrected chi connectivity index (χ0v) is 11.0. The lowest BCUT2D eigenvalue weighted by molar-refractivity contribution is -0.142. The van der Waals surface area contributed by atoms with E-state index in [0.717, 1.165) is 13.1 Å². The Labute approximate surface area is 116 Å². The van der Waals surface area contributed by atoms with Crippen LogP contribution in [0, 0.1) is 5.92 Å². The summed E-state index contributed by atoms with van der Waals surface area (Å²) in [6, 6.07) is 5.52. The average Bonchev–Trinajstić information content (AvgIpc) is 2.32. The van der Waals surface area contributed by atoms with E-state index in [4.69, 9.17) is 11.6 Å². The zero-order chi connectivity index (χ0) is 13.8. The number of carboxylic acids is 1. The van der Waals surface area contributed by atoms with Crippen molar-refractivity contribution in [2.75, 3.05) is 13.1 Å². The van der Waals surface area contributed by atoms with E-state index in [1.54, 1.807) is 24.3 Å². The second-order valence-corrected chi connectivity index (χ2v) is 5.00. The van der Waals surface area contributed by atoms with Crippen LogP contribution >= 0.6 is 11.6 Å². The van der Waals surface area contributed by atoms with E-state index < -0.39 is 12.0 Å². The van der Waals surface area contributed by atoms with Crippen molar-refractivity contribution in [2.24, 2.45) is 5.92 Å². The maximum Gasteiger partial charge on any atom is 0.330 e. The fourth-order valence-electron chi connectivity index (χ4n) is 1.96. The summed E-state index contributed by atoms with van der Waals surface area (Å²) in [5.74, 6) is -1.09. The van der Waals surface area contributed by atoms with E-state index in [1.807, 2.05) is 0 Å². The predicted octanol–water partition coefficient (Wildman–Crippen LogP) is 1.19. The largest absolute Gasteiger partial charge is 0.479 e. The lowest BCUT2D eigenvalue weighted by Gasteiger charge is -2.27. The number of carboxylic acid groups (broad SMARTS) is 1. The van der Waals surface area contributed by atoms with Gasteiger partial charge in [-0.15, -0.1) is 0 Å². The molecule has 0 unspecified atom stereocenters. The van der Waals surface area contributed by atoms with Crippen molar-refractivity contribution < 1.29 is 14.7 Å². The van der Waals surface area contributed by atoms with Gasteiger partial charge in [0.1, 0.15) is 0 Å². The van der Waals surface area contributed by atoms with Gasteiger partial charge in [0.05, 0.1) is 0 Å². The Bertz CT molecular complexity index is 489. The first-order valence-corrected chi connectivity index (χ1v) is 6.43. The molecular formula is C13H15ClN2O3. The van der Waals surface area contributed by atoms with Gasteiger partial charge in [0.15, 0.2) is 6.04 Å². The number of hydrogen-bond acceptors (Lipinski definition) is 3. The third-order valence-corrected chi connectivity index (χ3v) is 3.45. The van der Waals surface area contributed by atoms with Crippen molar-refractivity contribution in [1.82, 2.24) is 10.6 Å². The number of hydrogen-bond donors (Lipinski definition) is 3. The standard InChI is InChI=1S/C13H15ClN2O3/c14-10-4-2-1-3-9(10)12(13(18)19)16-11(17)5-8-6-15-7-8/h1-4,8,12,15H,5-7H2,(H,16,17)(H,18,19)/t12-/m1/s1. The van der Waals surface area contributed by atoms with Gasteiger partial charge in [0.2, 0.25) is 5.91 Å². The normalized spacial score (nSPS) is 16.5. The summed E-state index contributed by atoms with van der Waals surface area (Å²) in [4.78, 5) is 23.1. The quantitative estimate of drug-likeness (QED) is 0.758. The SMILES string of the molecule is O=C(CC1CNC1)N[C@@H](C(=O)O)c1ccccc1Cl. The van der Waals surface area contributed by atoms with E-state index in [-0.39, 0.29) is 5.91 Å². The first-order valence-electron chi connectivity index (χ1n) is 6.05. The highest BCUT2D eigenvalue weighted by molar-refractivity contribution is 6.31. The van der Waals surface area contributed by atoms with Crippen LogP contribution in [0.3, 0.4) is 0 Å². The van der Waals surface area contributed by atoms with Crippen molar-refractivity contribution in [1.29, 1.82) is 0 Å². The Kier molecular flexibility index (Phi) is 4.39. The van der Waals surface area contributed by atoms with Crippen LogP contribution in [-0.2, 0) is 9.59 Å². The summed E-state index contributed by atoms with van der Waals surface area (Å²) in [5.41, 5.74) is 0.400. The molecule has 0 radical (unpaired) electrons. The van der Waals surface area contributed by atoms with Crippen molar-refractivity contribution in [3.8, 4) is 0 Å². The summed E-state index contributed by atoms with van der Waals surface area (Å²) < 4.78 is 0. The number of halogens is 1. The molecule has 1 saturated heterocycles. The molecule has 1 atom stereocenters. The monoisotopic (exact) mass is 282 g/mol. The van der Waals surface area contributed by atoms with E-state index in [9.17, 15) is 14.7 Å². The highest BCUT2D eigenvalue weighted by Crippen LogP contribution is 2.23. The molecule has 0 spiro atoms. The Hall–Kier alpha value is -1.59. The van der Waals surface area contributed by atoms with Crippen molar-refractivity contribution in [3.05, 3.63) is 34.9 Å². The molecule has 1 amide bonds. The second-order valence-electron chi connectivity index (χ2n) is 4.59. The number of amides is 1. The molecule has 5 nitrogen and oxygen atoms in total. The minimum atomic E-state index is -1.12. The molecule has 0 aromatic heterocycles. The molecule has 102 valence electrons.